The molecule has 9 heteroatoms. The number of phosphoric acid groups is 1. The molecule has 0 heterocycles. The second-order valence-corrected chi connectivity index (χ2v) is 16.4. The fourth-order valence-electron chi connectivity index (χ4n) is 5.50. The lowest BCUT2D eigenvalue weighted by Gasteiger charge is -2.29. The van der Waals surface area contributed by atoms with Crippen LogP contribution in [0.25, 0.3) is 0 Å². The van der Waals surface area contributed by atoms with Crippen LogP contribution in [-0.4, -0.2) is 68.5 Å². The summed E-state index contributed by atoms with van der Waals surface area (Å²) >= 11 is 0. The van der Waals surface area contributed by atoms with E-state index in [0.29, 0.717) is 17.4 Å². The standard InChI is InChI=1S/C41H79N2O6P/c1-6-8-10-12-14-16-18-20-21-23-25-27-29-31-33-35-41(45)42-39(38-49-50(46,47)48-37-36-43(3,4)5)40(44)34-32-30-28-26-24-22-19-17-15-13-11-9-7-2/h11,13,20-21,32,34,39-40,44H,6-10,12,14-19,22-31,33,35-38H2,1-5H3,(H-,42,45,46,47)/b13-11-,21-20-,34-32+/t39-,40+/m0/s1. The predicted octanol–water partition coefficient (Wildman–Crippen LogP) is 10.1. The van der Waals surface area contributed by atoms with E-state index in [2.05, 4.69) is 43.5 Å². The van der Waals surface area contributed by atoms with Crippen molar-refractivity contribution in [2.24, 2.45) is 0 Å². The topological polar surface area (TPSA) is 108 Å². The number of carbonyl (C=O) groups is 1. The third-order valence-electron chi connectivity index (χ3n) is 8.79. The molecule has 3 atom stereocenters. The molecule has 0 rings (SSSR count). The molecule has 0 bridgehead atoms. The van der Waals surface area contributed by atoms with Gasteiger partial charge in [0.1, 0.15) is 13.2 Å². The van der Waals surface area contributed by atoms with Crippen molar-refractivity contribution in [2.75, 3.05) is 40.9 Å². The minimum absolute atomic E-state index is 0.00471. The minimum Gasteiger partial charge on any atom is -0.756 e. The second-order valence-electron chi connectivity index (χ2n) is 15.0. The number of phosphoric ester groups is 1. The molecule has 1 amide bonds. The van der Waals surface area contributed by atoms with Gasteiger partial charge in [-0.1, -0.05) is 134 Å². The highest BCUT2D eigenvalue weighted by molar-refractivity contribution is 7.45. The van der Waals surface area contributed by atoms with Crippen LogP contribution in [0.5, 0.6) is 0 Å². The first kappa shape index (κ1) is 48.7. The SMILES string of the molecule is CCC/C=C\CCCCCCCC/C=C/[C@@H](O)[C@H](COP(=O)([O-])OCC[N+](C)(C)C)NC(=O)CCCCCCC/C=C\CCCCCCCC. The number of quaternary nitrogens is 1. The van der Waals surface area contributed by atoms with Crippen molar-refractivity contribution in [3.63, 3.8) is 0 Å². The number of amides is 1. The average Bonchev–Trinajstić information content (AvgIpc) is 3.06. The van der Waals surface area contributed by atoms with Crippen LogP contribution in [0.4, 0.5) is 0 Å². The number of aliphatic hydroxyl groups is 1. The van der Waals surface area contributed by atoms with Gasteiger partial charge in [0.2, 0.25) is 5.91 Å². The van der Waals surface area contributed by atoms with Gasteiger partial charge in [0, 0.05) is 6.42 Å². The second kappa shape index (κ2) is 33.5. The summed E-state index contributed by atoms with van der Waals surface area (Å²) in [5.41, 5.74) is 0. The highest BCUT2D eigenvalue weighted by Crippen LogP contribution is 2.38. The van der Waals surface area contributed by atoms with Crippen LogP contribution in [0.3, 0.4) is 0 Å². The zero-order valence-corrected chi connectivity index (χ0v) is 34.0. The van der Waals surface area contributed by atoms with Crippen molar-refractivity contribution in [1.29, 1.82) is 0 Å². The molecule has 0 aromatic heterocycles. The van der Waals surface area contributed by atoms with Crippen LogP contribution in [0.1, 0.15) is 168 Å². The van der Waals surface area contributed by atoms with Gasteiger partial charge in [-0.2, -0.15) is 0 Å². The highest BCUT2D eigenvalue weighted by Gasteiger charge is 2.23. The molecule has 0 spiro atoms. The van der Waals surface area contributed by atoms with Crippen LogP contribution in [0.15, 0.2) is 36.5 Å². The van der Waals surface area contributed by atoms with E-state index in [9.17, 15) is 19.4 Å². The monoisotopic (exact) mass is 727 g/mol. The van der Waals surface area contributed by atoms with Gasteiger partial charge in [0.25, 0.3) is 7.82 Å². The van der Waals surface area contributed by atoms with E-state index in [1.54, 1.807) is 6.08 Å². The Bertz CT molecular complexity index is 917. The third-order valence-corrected chi connectivity index (χ3v) is 9.76. The summed E-state index contributed by atoms with van der Waals surface area (Å²) in [5, 5.41) is 13.7. The summed E-state index contributed by atoms with van der Waals surface area (Å²) in [4.78, 5) is 25.2. The van der Waals surface area contributed by atoms with Crippen LogP contribution >= 0.6 is 7.82 Å². The van der Waals surface area contributed by atoms with E-state index in [-0.39, 0.29) is 19.1 Å². The number of unbranched alkanes of at least 4 members (excludes halogenated alkanes) is 19. The maximum Gasteiger partial charge on any atom is 0.268 e. The minimum atomic E-state index is -4.58. The molecule has 50 heavy (non-hydrogen) atoms. The van der Waals surface area contributed by atoms with Crippen molar-refractivity contribution in [2.45, 2.75) is 180 Å². The molecule has 0 saturated heterocycles. The molecule has 1 unspecified atom stereocenters. The predicted molar refractivity (Wildman–Crippen MR) is 210 cm³/mol. The van der Waals surface area contributed by atoms with Gasteiger partial charge in [0.15, 0.2) is 0 Å². The maximum absolute atomic E-state index is 12.8. The molecule has 0 saturated carbocycles. The number of likely N-dealkylation sites (N-methyl/N-ethyl adjacent to an activating group) is 1. The lowest BCUT2D eigenvalue weighted by molar-refractivity contribution is -0.870. The van der Waals surface area contributed by atoms with Gasteiger partial charge in [-0.3, -0.25) is 9.36 Å². The lowest BCUT2D eigenvalue weighted by atomic mass is 10.1. The van der Waals surface area contributed by atoms with Crippen molar-refractivity contribution in [3.05, 3.63) is 36.5 Å². The summed E-state index contributed by atoms with van der Waals surface area (Å²) in [7, 11) is 1.24. The van der Waals surface area contributed by atoms with E-state index in [1.807, 2.05) is 27.2 Å². The van der Waals surface area contributed by atoms with Crippen molar-refractivity contribution >= 4 is 13.7 Å². The van der Waals surface area contributed by atoms with Crippen LogP contribution in [0.2, 0.25) is 0 Å². The Hall–Kier alpha value is -1.28. The summed E-state index contributed by atoms with van der Waals surface area (Å²) in [6.07, 6.45) is 38.9. The smallest absolute Gasteiger partial charge is 0.268 e. The zero-order chi connectivity index (χ0) is 37.2. The number of carbonyl (C=O) groups excluding carboxylic acids is 1. The van der Waals surface area contributed by atoms with Crippen LogP contribution in [0, 0.1) is 0 Å². The van der Waals surface area contributed by atoms with Crippen molar-refractivity contribution in [1.82, 2.24) is 5.32 Å². The van der Waals surface area contributed by atoms with Gasteiger partial charge < -0.3 is 28.8 Å². The molecular weight excluding hydrogens is 647 g/mol. The molecular formula is C41H79N2O6P. The molecule has 0 fully saturated rings. The summed E-state index contributed by atoms with van der Waals surface area (Å²) in [6.45, 7) is 4.55. The number of rotatable bonds is 36. The summed E-state index contributed by atoms with van der Waals surface area (Å²) < 4.78 is 23.1. The Morgan fingerprint density at radius 2 is 1.14 bits per heavy atom. The van der Waals surface area contributed by atoms with Gasteiger partial charge in [0.05, 0.1) is 39.9 Å². The summed E-state index contributed by atoms with van der Waals surface area (Å²) in [6, 6.07) is -0.891. The molecule has 0 aliphatic rings. The molecule has 2 N–H and O–H groups in total. The normalized spacial score (nSPS) is 14.9. The number of nitrogens with one attached hydrogen (secondary N) is 1. The molecule has 0 aromatic rings. The first-order valence-electron chi connectivity index (χ1n) is 20.4. The quantitative estimate of drug-likeness (QED) is 0.0288. The first-order valence-corrected chi connectivity index (χ1v) is 21.8. The number of aliphatic hydroxyl groups excluding tert-OH is 1. The van der Waals surface area contributed by atoms with Crippen molar-refractivity contribution in [3.8, 4) is 0 Å². The lowest BCUT2D eigenvalue weighted by Crippen LogP contribution is -2.45. The third kappa shape index (κ3) is 35.1. The van der Waals surface area contributed by atoms with E-state index in [1.165, 1.54) is 96.3 Å². The Morgan fingerprint density at radius 1 is 0.680 bits per heavy atom. The van der Waals surface area contributed by atoms with E-state index in [4.69, 9.17) is 9.05 Å². The maximum atomic E-state index is 12.8. The van der Waals surface area contributed by atoms with Crippen LogP contribution in [-0.2, 0) is 18.4 Å². The van der Waals surface area contributed by atoms with Crippen LogP contribution < -0.4 is 10.2 Å². The summed E-state index contributed by atoms with van der Waals surface area (Å²) in [5.74, 6) is -0.212. The molecule has 0 aliphatic carbocycles. The van der Waals surface area contributed by atoms with Gasteiger partial charge in [-0.25, -0.2) is 0 Å². The number of hydrogen-bond donors (Lipinski definition) is 2. The Morgan fingerprint density at radius 3 is 1.64 bits per heavy atom. The van der Waals surface area contributed by atoms with E-state index >= 15 is 0 Å². The number of nitrogens with zero attached hydrogens (tertiary/aromatic N) is 1. The number of hydrogen-bond acceptors (Lipinski definition) is 6. The highest BCUT2D eigenvalue weighted by atomic mass is 31.2. The molecule has 0 aromatic carbocycles. The molecule has 294 valence electrons. The number of allylic oxidation sites excluding steroid dienone is 5. The fraction of sp³-hybridized carbons (Fsp3) is 0.829. The Kier molecular flexibility index (Phi) is 32.7. The van der Waals surface area contributed by atoms with E-state index in [0.717, 1.165) is 51.4 Å². The Labute approximate surface area is 308 Å². The molecule has 8 nitrogen and oxygen atoms in total. The zero-order valence-electron chi connectivity index (χ0n) is 33.1. The van der Waals surface area contributed by atoms with Gasteiger partial charge in [-0.05, 0) is 64.2 Å². The largest absolute Gasteiger partial charge is 0.756 e. The molecule has 0 aliphatic heterocycles. The van der Waals surface area contributed by atoms with Gasteiger partial charge in [-0.15, -0.1) is 0 Å². The average molecular weight is 727 g/mol. The fourth-order valence-corrected chi connectivity index (χ4v) is 6.22. The van der Waals surface area contributed by atoms with E-state index < -0.39 is 20.0 Å². The molecule has 0 radical (unpaired) electrons. The van der Waals surface area contributed by atoms with Crippen molar-refractivity contribution < 1.29 is 32.9 Å². The van der Waals surface area contributed by atoms with Gasteiger partial charge >= 0.3 is 0 Å². The Balaban J connectivity index is 4.52. The first-order chi connectivity index (χ1) is 24.0.